The van der Waals surface area contributed by atoms with Crippen LogP contribution in [0.1, 0.15) is 17.2 Å². The van der Waals surface area contributed by atoms with Gasteiger partial charge < -0.3 is 20.3 Å². The van der Waals surface area contributed by atoms with E-state index in [0.29, 0.717) is 24.5 Å². The van der Waals surface area contributed by atoms with Crippen LogP contribution in [0.15, 0.2) is 60.7 Å². The standard InChI is InChI=1S/C21H21NO4/c1-14-12-17(8-9-19(14)20(22)21(23)24)25-10-11-26-18-7-6-15-4-2-3-5-16(15)13-18/h2-9,12-13,20H,10-11,22H2,1H3,(H,23,24)/t20-/m0/s1. The van der Waals surface area contributed by atoms with E-state index in [2.05, 4.69) is 6.07 Å². The van der Waals surface area contributed by atoms with Crippen molar-refractivity contribution in [3.63, 3.8) is 0 Å². The fraction of sp³-hybridized carbons (Fsp3) is 0.190. The zero-order valence-corrected chi connectivity index (χ0v) is 14.5. The number of hydrogen-bond acceptors (Lipinski definition) is 4. The third-order valence-corrected chi connectivity index (χ3v) is 4.18. The van der Waals surface area contributed by atoms with Gasteiger partial charge in [-0.15, -0.1) is 0 Å². The number of benzene rings is 3. The Bertz CT molecular complexity index is 923. The topological polar surface area (TPSA) is 81.8 Å². The SMILES string of the molecule is Cc1cc(OCCOc2ccc3ccccc3c2)ccc1[C@H](N)C(=O)O. The van der Waals surface area contributed by atoms with Crippen LogP contribution in [0, 0.1) is 6.92 Å². The molecule has 3 aromatic carbocycles. The maximum atomic E-state index is 11.0. The molecule has 0 aliphatic rings. The number of aryl methyl sites for hydroxylation is 1. The second kappa shape index (κ2) is 7.89. The van der Waals surface area contributed by atoms with Gasteiger partial charge in [-0.3, -0.25) is 4.79 Å². The molecule has 0 aliphatic heterocycles. The second-order valence-corrected chi connectivity index (χ2v) is 6.04. The van der Waals surface area contributed by atoms with Gasteiger partial charge in [0.15, 0.2) is 0 Å². The number of carboxylic acids is 1. The van der Waals surface area contributed by atoms with Crippen LogP contribution in [0.5, 0.6) is 11.5 Å². The fourth-order valence-corrected chi connectivity index (χ4v) is 2.80. The minimum Gasteiger partial charge on any atom is -0.490 e. The van der Waals surface area contributed by atoms with E-state index >= 15 is 0 Å². The van der Waals surface area contributed by atoms with Crippen LogP contribution in [-0.2, 0) is 4.79 Å². The molecule has 0 saturated carbocycles. The molecular weight excluding hydrogens is 330 g/mol. The molecule has 5 heteroatoms. The predicted molar refractivity (Wildman–Crippen MR) is 101 cm³/mol. The molecule has 5 nitrogen and oxygen atoms in total. The molecule has 0 unspecified atom stereocenters. The zero-order valence-electron chi connectivity index (χ0n) is 14.5. The highest BCUT2D eigenvalue weighted by atomic mass is 16.5. The summed E-state index contributed by atoms with van der Waals surface area (Å²) in [6.07, 6.45) is 0. The highest BCUT2D eigenvalue weighted by molar-refractivity contribution is 5.83. The quantitative estimate of drug-likeness (QED) is 0.635. The van der Waals surface area contributed by atoms with Crippen LogP contribution in [0.2, 0.25) is 0 Å². The first-order chi connectivity index (χ1) is 12.5. The third-order valence-electron chi connectivity index (χ3n) is 4.18. The second-order valence-electron chi connectivity index (χ2n) is 6.04. The number of carbonyl (C=O) groups is 1. The Kier molecular flexibility index (Phi) is 5.39. The minimum absolute atomic E-state index is 0.386. The van der Waals surface area contributed by atoms with Gasteiger partial charge in [0.1, 0.15) is 30.8 Å². The predicted octanol–water partition coefficient (Wildman–Crippen LogP) is 3.69. The summed E-state index contributed by atoms with van der Waals surface area (Å²) in [7, 11) is 0. The molecule has 0 aliphatic carbocycles. The van der Waals surface area contributed by atoms with Crippen molar-refractivity contribution in [3.05, 3.63) is 71.8 Å². The van der Waals surface area contributed by atoms with Crippen LogP contribution in [0.4, 0.5) is 0 Å². The van der Waals surface area contributed by atoms with E-state index in [-0.39, 0.29) is 0 Å². The van der Waals surface area contributed by atoms with E-state index in [0.717, 1.165) is 16.7 Å². The summed E-state index contributed by atoms with van der Waals surface area (Å²) >= 11 is 0. The zero-order chi connectivity index (χ0) is 18.5. The summed E-state index contributed by atoms with van der Waals surface area (Å²) in [5.41, 5.74) is 7.02. The molecule has 0 bridgehead atoms. The maximum absolute atomic E-state index is 11.0. The Morgan fingerprint density at radius 3 is 2.23 bits per heavy atom. The van der Waals surface area contributed by atoms with E-state index in [1.54, 1.807) is 18.2 Å². The summed E-state index contributed by atoms with van der Waals surface area (Å²) in [4.78, 5) is 11.0. The number of carboxylic acid groups (broad SMARTS) is 1. The number of ether oxygens (including phenoxy) is 2. The third kappa shape index (κ3) is 4.13. The van der Waals surface area contributed by atoms with E-state index < -0.39 is 12.0 Å². The molecule has 0 aromatic heterocycles. The first kappa shape index (κ1) is 17.8. The lowest BCUT2D eigenvalue weighted by molar-refractivity contribution is -0.138. The number of rotatable bonds is 7. The normalized spacial score (nSPS) is 11.9. The van der Waals surface area contributed by atoms with Gasteiger partial charge in [-0.1, -0.05) is 36.4 Å². The molecule has 3 N–H and O–H groups in total. The van der Waals surface area contributed by atoms with E-state index in [4.69, 9.17) is 20.3 Å². The largest absolute Gasteiger partial charge is 0.490 e. The highest BCUT2D eigenvalue weighted by Gasteiger charge is 2.16. The Hall–Kier alpha value is -3.05. The molecule has 1 atom stereocenters. The summed E-state index contributed by atoms with van der Waals surface area (Å²) in [6, 6.07) is 18.2. The van der Waals surface area contributed by atoms with Gasteiger partial charge in [0, 0.05) is 0 Å². The van der Waals surface area contributed by atoms with E-state index in [1.807, 2.05) is 43.3 Å². The molecule has 134 valence electrons. The summed E-state index contributed by atoms with van der Waals surface area (Å²) < 4.78 is 11.4. The number of nitrogens with two attached hydrogens (primary N) is 1. The monoisotopic (exact) mass is 351 g/mol. The number of fused-ring (bicyclic) bond motifs is 1. The number of aliphatic carboxylic acids is 1. The smallest absolute Gasteiger partial charge is 0.325 e. The lowest BCUT2D eigenvalue weighted by atomic mass is 10.0. The van der Waals surface area contributed by atoms with Crippen molar-refractivity contribution in [2.24, 2.45) is 5.73 Å². The molecule has 3 aromatic rings. The van der Waals surface area contributed by atoms with Crippen molar-refractivity contribution in [3.8, 4) is 11.5 Å². The molecule has 3 rings (SSSR count). The van der Waals surface area contributed by atoms with Crippen LogP contribution < -0.4 is 15.2 Å². The van der Waals surface area contributed by atoms with Gasteiger partial charge in [0.25, 0.3) is 0 Å². The van der Waals surface area contributed by atoms with Crippen molar-refractivity contribution in [1.29, 1.82) is 0 Å². The summed E-state index contributed by atoms with van der Waals surface area (Å²) in [5.74, 6) is 0.405. The van der Waals surface area contributed by atoms with Crippen LogP contribution in [-0.4, -0.2) is 24.3 Å². The van der Waals surface area contributed by atoms with Crippen LogP contribution >= 0.6 is 0 Å². The Morgan fingerprint density at radius 1 is 0.962 bits per heavy atom. The van der Waals surface area contributed by atoms with Gasteiger partial charge in [0.05, 0.1) is 0 Å². The van der Waals surface area contributed by atoms with E-state index in [1.165, 1.54) is 5.39 Å². The van der Waals surface area contributed by atoms with Crippen LogP contribution in [0.25, 0.3) is 10.8 Å². The molecule has 0 fully saturated rings. The lowest BCUT2D eigenvalue weighted by Crippen LogP contribution is -2.21. The van der Waals surface area contributed by atoms with E-state index in [9.17, 15) is 4.79 Å². The molecular formula is C21H21NO4. The molecule has 0 radical (unpaired) electrons. The van der Waals surface area contributed by atoms with Crippen molar-refractivity contribution in [2.75, 3.05) is 13.2 Å². The van der Waals surface area contributed by atoms with Gasteiger partial charge in [-0.25, -0.2) is 0 Å². The Morgan fingerprint density at radius 2 is 1.58 bits per heavy atom. The summed E-state index contributed by atoms with van der Waals surface area (Å²) in [6.45, 7) is 2.61. The van der Waals surface area contributed by atoms with Gasteiger partial charge >= 0.3 is 5.97 Å². The average Bonchev–Trinajstić information content (AvgIpc) is 2.64. The van der Waals surface area contributed by atoms with Gasteiger partial charge in [-0.2, -0.15) is 0 Å². The molecule has 0 saturated heterocycles. The van der Waals surface area contributed by atoms with Crippen molar-refractivity contribution >= 4 is 16.7 Å². The molecule has 26 heavy (non-hydrogen) atoms. The molecule has 0 heterocycles. The van der Waals surface area contributed by atoms with Gasteiger partial charge in [0.2, 0.25) is 0 Å². The lowest BCUT2D eigenvalue weighted by Gasteiger charge is -2.13. The molecule has 0 amide bonds. The maximum Gasteiger partial charge on any atom is 0.325 e. The minimum atomic E-state index is -1.05. The van der Waals surface area contributed by atoms with Crippen molar-refractivity contribution < 1.29 is 19.4 Å². The van der Waals surface area contributed by atoms with Crippen LogP contribution in [0.3, 0.4) is 0 Å². The van der Waals surface area contributed by atoms with Crippen molar-refractivity contribution in [1.82, 2.24) is 0 Å². The fourth-order valence-electron chi connectivity index (χ4n) is 2.80. The summed E-state index contributed by atoms with van der Waals surface area (Å²) in [5, 5.41) is 11.3. The number of hydrogen-bond donors (Lipinski definition) is 2. The average molecular weight is 351 g/mol. The van der Waals surface area contributed by atoms with Crippen molar-refractivity contribution in [2.45, 2.75) is 13.0 Å². The first-order valence-electron chi connectivity index (χ1n) is 8.38. The Balaban J connectivity index is 1.54. The van der Waals surface area contributed by atoms with Gasteiger partial charge in [-0.05, 0) is 53.1 Å². The Labute approximate surface area is 152 Å². The molecule has 0 spiro atoms. The first-order valence-corrected chi connectivity index (χ1v) is 8.38. The highest BCUT2D eigenvalue weighted by Crippen LogP contribution is 2.22.